The summed E-state index contributed by atoms with van der Waals surface area (Å²) >= 11 is 0. The Kier molecular flexibility index (Phi) is 6.29. The summed E-state index contributed by atoms with van der Waals surface area (Å²) in [5, 5.41) is 13.5. The van der Waals surface area contributed by atoms with E-state index in [4.69, 9.17) is 15.7 Å². The van der Waals surface area contributed by atoms with Crippen LogP contribution in [-0.2, 0) is 6.54 Å². The lowest BCUT2D eigenvalue weighted by molar-refractivity contribution is -0.154. The topological polar surface area (TPSA) is 79.9 Å². The van der Waals surface area contributed by atoms with Gasteiger partial charge in [0.25, 0.3) is 0 Å². The molecule has 1 aromatic rings. The Bertz CT molecular complexity index is 478. The molecule has 118 valence electrons. The van der Waals surface area contributed by atoms with Crippen LogP contribution in [0.4, 0.5) is 13.2 Å². The second kappa shape index (κ2) is 7.72. The quantitative estimate of drug-likeness (QED) is 0.312. The maximum atomic E-state index is 12.7. The van der Waals surface area contributed by atoms with Gasteiger partial charge in [-0.15, -0.1) is 0 Å². The second-order valence-electron chi connectivity index (χ2n) is 4.33. The van der Waals surface area contributed by atoms with E-state index in [0.29, 0.717) is 12.4 Å². The van der Waals surface area contributed by atoms with Gasteiger partial charge in [-0.2, -0.15) is 13.2 Å². The third-order valence-electron chi connectivity index (χ3n) is 2.75. The maximum Gasteiger partial charge on any atom is 0.400 e. The Morgan fingerprint density at radius 1 is 1.48 bits per heavy atom. The number of ether oxygens (including phenoxy) is 1. The molecular weight excluding hydrogens is 287 g/mol. The molecule has 0 fully saturated rings. The van der Waals surface area contributed by atoms with E-state index >= 15 is 0 Å². The third kappa shape index (κ3) is 5.50. The molecule has 0 heterocycles. The van der Waals surface area contributed by atoms with Gasteiger partial charge in [0.05, 0.1) is 6.61 Å². The maximum absolute atomic E-state index is 12.7. The van der Waals surface area contributed by atoms with Crippen LogP contribution in [0.5, 0.6) is 5.75 Å². The third-order valence-corrected chi connectivity index (χ3v) is 2.75. The molecule has 0 aliphatic rings. The fraction of sp³-hybridized carbons (Fsp3) is 0.462. The molecule has 1 rings (SSSR count). The van der Waals surface area contributed by atoms with Gasteiger partial charge in [-0.05, 0) is 24.6 Å². The zero-order chi connectivity index (χ0) is 15.9. The first-order chi connectivity index (χ1) is 9.88. The van der Waals surface area contributed by atoms with Crippen molar-refractivity contribution in [3.05, 3.63) is 29.8 Å². The number of nitrogens with zero attached hydrogens (tertiary/aromatic N) is 1. The number of hydrogen-bond donors (Lipinski definition) is 3. The lowest BCUT2D eigenvalue weighted by Crippen LogP contribution is -2.42. The fourth-order valence-electron chi connectivity index (χ4n) is 1.73. The molecule has 0 saturated carbocycles. The Labute approximate surface area is 120 Å². The van der Waals surface area contributed by atoms with Crippen molar-refractivity contribution >= 4 is 5.84 Å². The average Bonchev–Trinajstić information content (AvgIpc) is 2.42. The molecule has 1 atom stereocenters. The van der Waals surface area contributed by atoms with E-state index in [1.807, 2.05) is 6.92 Å². The van der Waals surface area contributed by atoms with E-state index in [1.165, 1.54) is 0 Å². The summed E-state index contributed by atoms with van der Waals surface area (Å²) in [4.78, 5) is 0. The number of rotatable bonds is 7. The molecule has 0 spiro atoms. The van der Waals surface area contributed by atoms with Crippen molar-refractivity contribution in [2.75, 3.05) is 13.2 Å². The Morgan fingerprint density at radius 3 is 2.76 bits per heavy atom. The zero-order valence-corrected chi connectivity index (χ0v) is 11.5. The van der Waals surface area contributed by atoms with Gasteiger partial charge in [0.15, 0.2) is 5.84 Å². The number of amidine groups is 1. The minimum atomic E-state index is -4.57. The van der Waals surface area contributed by atoms with Crippen LogP contribution in [0, 0.1) is 5.92 Å². The van der Waals surface area contributed by atoms with E-state index in [2.05, 4.69) is 10.5 Å². The van der Waals surface area contributed by atoms with Crippen molar-refractivity contribution < 1.29 is 23.1 Å². The van der Waals surface area contributed by atoms with Gasteiger partial charge in [0.1, 0.15) is 11.7 Å². The molecule has 1 unspecified atom stereocenters. The molecule has 0 aliphatic heterocycles. The van der Waals surface area contributed by atoms with Gasteiger partial charge in [-0.25, -0.2) is 0 Å². The van der Waals surface area contributed by atoms with Crippen LogP contribution in [0.3, 0.4) is 0 Å². The van der Waals surface area contributed by atoms with Crippen LogP contribution < -0.4 is 15.8 Å². The minimum Gasteiger partial charge on any atom is -0.494 e. The van der Waals surface area contributed by atoms with Gasteiger partial charge in [-0.3, -0.25) is 0 Å². The molecule has 1 aromatic carbocycles. The molecule has 0 bridgehead atoms. The van der Waals surface area contributed by atoms with Crippen LogP contribution in [0.15, 0.2) is 29.4 Å². The molecule has 0 aromatic heterocycles. The molecule has 8 heteroatoms. The Balaban J connectivity index is 2.60. The van der Waals surface area contributed by atoms with Crippen LogP contribution in [0.25, 0.3) is 0 Å². The van der Waals surface area contributed by atoms with Gasteiger partial charge in [0, 0.05) is 13.1 Å². The van der Waals surface area contributed by atoms with Crippen molar-refractivity contribution in [1.29, 1.82) is 0 Å². The lowest BCUT2D eigenvalue weighted by atomic mass is 10.1. The van der Waals surface area contributed by atoms with E-state index in [-0.39, 0.29) is 6.54 Å². The van der Waals surface area contributed by atoms with Crippen molar-refractivity contribution in [1.82, 2.24) is 5.32 Å². The molecular formula is C13H18F3N3O2. The number of benzene rings is 1. The second-order valence-corrected chi connectivity index (χ2v) is 4.33. The summed E-state index contributed by atoms with van der Waals surface area (Å²) in [6.07, 6.45) is -4.57. The fourth-order valence-corrected chi connectivity index (χ4v) is 1.73. The SMILES string of the molecule is CCOc1cccc(CNCC(/C(N)=N/O)C(F)(F)F)c1. The Morgan fingerprint density at radius 2 is 2.19 bits per heavy atom. The van der Waals surface area contributed by atoms with Crippen LogP contribution >= 0.6 is 0 Å². The summed E-state index contributed by atoms with van der Waals surface area (Å²) in [6.45, 7) is 2.09. The summed E-state index contributed by atoms with van der Waals surface area (Å²) in [6, 6.07) is 7.03. The zero-order valence-electron chi connectivity index (χ0n) is 11.5. The standard InChI is InChI=1S/C13H18F3N3O2/c1-2-21-10-5-3-4-9(6-10)7-18-8-11(12(17)19-20)13(14,15)16/h3-6,11,18,20H,2,7-8H2,1H3,(H2,17,19). The highest BCUT2D eigenvalue weighted by Gasteiger charge is 2.42. The molecule has 21 heavy (non-hydrogen) atoms. The highest BCUT2D eigenvalue weighted by molar-refractivity contribution is 5.83. The summed E-state index contributed by atoms with van der Waals surface area (Å²) in [5.41, 5.74) is 5.85. The summed E-state index contributed by atoms with van der Waals surface area (Å²) in [5.74, 6) is -2.24. The van der Waals surface area contributed by atoms with Crippen LogP contribution in [-0.4, -0.2) is 30.4 Å². The van der Waals surface area contributed by atoms with E-state index in [9.17, 15) is 13.2 Å². The van der Waals surface area contributed by atoms with Gasteiger partial charge in [0.2, 0.25) is 0 Å². The molecule has 5 nitrogen and oxygen atoms in total. The minimum absolute atomic E-state index is 0.214. The lowest BCUT2D eigenvalue weighted by Gasteiger charge is -2.19. The van der Waals surface area contributed by atoms with E-state index < -0.39 is 24.5 Å². The van der Waals surface area contributed by atoms with E-state index in [0.717, 1.165) is 5.56 Å². The summed E-state index contributed by atoms with van der Waals surface area (Å²) in [7, 11) is 0. The number of alkyl halides is 3. The largest absolute Gasteiger partial charge is 0.494 e. The number of nitrogens with one attached hydrogen (secondary N) is 1. The van der Waals surface area contributed by atoms with Crippen molar-refractivity contribution in [3.63, 3.8) is 0 Å². The monoisotopic (exact) mass is 305 g/mol. The number of hydrogen-bond acceptors (Lipinski definition) is 4. The molecule has 0 saturated heterocycles. The van der Waals surface area contributed by atoms with Crippen molar-refractivity contribution in [3.8, 4) is 5.75 Å². The van der Waals surface area contributed by atoms with Crippen LogP contribution in [0.1, 0.15) is 12.5 Å². The molecule has 0 aliphatic carbocycles. The van der Waals surface area contributed by atoms with Crippen molar-refractivity contribution in [2.45, 2.75) is 19.6 Å². The number of nitrogens with two attached hydrogens (primary N) is 1. The first-order valence-corrected chi connectivity index (χ1v) is 6.35. The van der Waals surface area contributed by atoms with Crippen molar-refractivity contribution in [2.24, 2.45) is 16.8 Å². The van der Waals surface area contributed by atoms with Gasteiger partial charge >= 0.3 is 6.18 Å². The smallest absolute Gasteiger partial charge is 0.400 e. The first kappa shape index (κ1) is 17.1. The average molecular weight is 305 g/mol. The Hall–Kier alpha value is -1.96. The molecule has 4 N–H and O–H groups in total. The van der Waals surface area contributed by atoms with Crippen LogP contribution in [0.2, 0.25) is 0 Å². The number of oxime groups is 1. The molecule has 0 radical (unpaired) electrons. The molecule has 0 amide bonds. The first-order valence-electron chi connectivity index (χ1n) is 6.35. The number of halogens is 3. The normalized spacial score (nSPS) is 14.0. The van der Waals surface area contributed by atoms with E-state index in [1.54, 1.807) is 24.3 Å². The van der Waals surface area contributed by atoms with Gasteiger partial charge < -0.3 is 21.0 Å². The highest BCUT2D eigenvalue weighted by atomic mass is 19.4. The predicted octanol–water partition coefficient (Wildman–Crippen LogP) is 2.10. The predicted molar refractivity (Wildman–Crippen MR) is 72.3 cm³/mol. The summed E-state index contributed by atoms with van der Waals surface area (Å²) < 4.78 is 43.5. The van der Waals surface area contributed by atoms with Gasteiger partial charge in [-0.1, -0.05) is 17.3 Å². The highest BCUT2D eigenvalue weighted by Crippen LogP contribution is 2.26.